The molecule has 0 amide bonds. The lowest BCUT2D eigenvalue weighted by Crippen LogP contribution is -2.04. The highest BCUT2D eigenvalue weighted by Gasteiger charge is 2.13. The van der Waals surface area contributed by atoms with Gasteiger partial charge in [-0.05, 0) is 50.3 Å². The van der Waals surface area contributed by atoms with Gasteiger partial charge in [0.2, 0.25) is 0 Å². The quantitative estimate of drug-likeness (QED) is 0.555. The van der Waals surface area contributed by atoms with E-state index in [4.69, 9.17) is 0 Å². The van der Waals surface area contributed by atoms with Crippen LogP contribution in [0.1, 0.15) is 37.8 Å². The van der Waals surface area contributed by atoms with Gasteiger partial charge >= 0.3 is 0 Å². The summed E-state index contributed by atoms with van der Waals surface area (Å²) in [6.45, 7) is 9.72. The van der Waals surface area contributed by atoms with Crippen LogP contribution in [0.4, 0.5) is 0 Å². The molecule has 1 aromatic heterocycles. The Kier molecular flexibility index (Phi) is 4.91. The van der Waals surface area contributed by atoms with E-state index in [1.165, 1.54) is 4.68 Å². The van der Waals surface area contributed by atoms with E-state index in [0.717, 1.165) is 40.4 Å². The lowest BCUT2D eigenvalue weighted by Gasteiger charge is -2.13. The first-order valence-corrected chi connectivity index (χ1v) is 7.53. The van der Waals surface area contributed by atoms with Crippen LogP contribution in [0.15, 0.2) is 41.8 Å². The Hall–Kier alpha value is -2.23. The van der Waals surface area contributed by atoms with Crippen molar-refractivity contribution in [3.8, 4) is 0 Å². The summed E-state index contributed by atoms with van der Waals surface area (Å²) in [5.41, 5.74) is 4.08. The largest absolute Gasteiger partial charge is 0.300 e. The fraction of sp³-hybridized carbons (Fsp3) is 0.389. The molecule has 0 saturated carbocycles. The second-order valence-electron chi connectivity index (χ2n) is 6.08. The predicted octanol–water partition coefficient (Wildman–Crippen LogP) is 4.58. The SMILES string of the molecule is C=C(CC(C)=O)C(C)CCc1cn(N=O)c2ccc(C)cc12. The number of hydrogen-bond acceptors (Lipinski definition) is 3. The number of aryl methyl sites for hydroxylation is 2. The number of nitrogens with zero attached hydrogens (tertiary/aromatic N) is 2. The molecule has 0 bridgehead atoms. The first-order valence-electron chi connectivity index (χ1n) is 7.53. The maximum Gasteiger partial charge on any atom is 0.133 e. The minimum Gasteiger partial charge on any atom is -0.300 e. The standard InChI is InChI=1S/C18H22N2O2/c1-12-5-8-18-17(9-12)16(11-20(18)19-22)7-6-13(2)14(3)10-15(4)21/h5,8-9,11,13H,3,6-7,10H2,1-2,4H3. The Morgan fingerprint density at radius 1 is 1.41 bits per heavy atom. The summed E-state index contributed by atoms with van der Waals surface area (Å²) in [7, 11) is 0. The summed E-state index contributed by atoms with van der Waals surface area (Å²) in [5, 5.41) is 4.13. The van der Waals surface area contributed by atoms with Gasteiger partial charge in [0.15, 0.2) is 0 Å². The third kappa shape index (κ3) is 3.50. The molecule has 0 aliphatic rings. The van der Waals surface area contributed by atoms with Crippen molar-refractivity contribution in [2.24, 2.45) is 11.2 Å². The van der Waals surface area contributed by atoms with Crippen molar-refractivity contribution in [2.45, 2.75) is 40.0 Å². The van der Waals surface area contributed by atoms with Gasteiger partial charge in [0, 0.05) is 18.0 Å². The molecule has 4 heteroatoms. The second-order valence-corrected chi connectivity index (χ2v) is 6.08. The van der Waals surface area contributed by atoms with Crippen LogP contribution in [0.3, 0.4) is 0 Å². The zero-order valence-corrected chi connectivity index (χ0v) is 13.4. The second kappa shape index (κ2) is 6.69. The summed E-state index contributed by atoms with van der Waals surface area (Å²) in [6, 6.07) is 5.99. The molecule has 0 N–H and O–H groups in total. The minimum absolute atomic E-state index is 0.147. The number of Topliss-reactive ketones (excluding diaryl/α,β-unsaturated/α-hetero) is 1. The predicted molar refractivity (Wildman–Crippen MR) is 89.8 cm³/mol. The van der Waals surface area contributed by atoms with Crippen molar-refractivity contribution < 1.29 is 4.79 Å². The van der Waals surface area contributed by atoms with Crippen LogP contribution in [0.25, 0.3) is 10.9 Å². The Balaban J connectivity index is 2.18. The van der Waals surface area contributed by atoms with Crippen molar-refractivity contribution in [1.82, 2.24) is 4.68 Å². The van der Waals surface area contributed by atoms with Crippen molar-refractivity contribution in [3.05, 3.63) is 52.6 Å². The van der Waals surface area contributed by atoms with Gasteiger partial charge in [-0.1, -0.05) is 30.7 Å². The van der Waals surface area contributed by atoms with Crippen LogP contribution in [0, 0.1) is 17.7 Å². The molecule has 22 heavy (non-hydrogen) atoms. The third-order valence-electron chi connectivity index (χ3n) is 4.13. The molecular formula is C18H22N2O2. The average molecular weight is 298 g/mol. The summed E-state index contributed by atoms with van der Waals surface area (Å²) in [5.74, 6) is 0.422. The number of fused-ring (bicyclic) bond motifs is 1. The van der Waals surface area contributed by atoms with Crippen molar-refractivity contribution >= 4 is 16.7 Å². The van der Waals surface area contributed by atoms with Gasteiger partial charge in [-0.15, -0.1) is 4.91 Å². The van der Waals surface area contributed by atoms with E-state index in [1.54, 1.807) is 13.1 Å². The molecule has 116 valence electrons. The van der Waals surface area contributed by atoms with Crippen molar-refractivity contribution in [1.29, 1.82) is 0 Å². The van der Waals surface area contributed by atoms with Crippen LogP contribution < -0.4 is 0 Å². The Labute approximate surface area is 130 Å². The normalized spacial score (nSPS) is 12.3. The highest BCUT2D eigenvalue weighted by molar-refractivity contribution is 5.84. The third-order valence-corrected chi connectivity index (χ3v) is 4.13. The van der Waals surface area contributed by atoms with E-state index in [9.17, 15) is 9.70 Å². The van der Waals surface area contributed by atoms with E-state index in [0.29, 0.717) is 6.42 Å². The van der Waals surface area contributed by atoms with E-state index < -0.39 is 0 Å². The molecule has 1 heterocycles. The number of benzene rings is 1. The van der Waals surface area contributed by atoms with Crippen LogP contribution in [0.5, 0.6) is 0 Å². The molecule has 0 spiro atoms. The van der Waals surface area contributed by atoms with E-state index in [2.05, 4.69) is 24.9 Å². The van der Waals surface area contributed by atoms with Gasteiger partial charge in [-0.25, -0.2) is 4.68 Å². The number of carbonyl (C=O) groups excluding carboxylic acids is 1. The molecule has 0 saturated heterocycles. The summed E-state index contributed by atoms with van der Waals surface area (Å²) in [6.07, 6.45) is 3.98. The Bertz CT molecular complexity index is 728. The van der Waals surface area contributed by atoms with Gasteiger partial charge < -0.3 is 0 Å². The maximum absolute atomic E-state index is 11.2. The highest BCUT2D eigenvalue weighted by atomic mass is 16.3. The van der Waals surface area contributed by atoms with E-state index in [-0.39, 0.29) is 11.7 Å². The molecular weight excluding hydrogens is 276 g/mol. The van der Waals surface area contributed by atoms with Gasteiger partial charge in [0.1, 0.15) is 5.78 Å². The number of hydrogen-bond donors (Lipinski definition) is 0. The zero-order valence-electron chi connectivity index (χ0n) is 13.4. The maximum atomic E-state index is 11.2. The van der Waals surface area contributed by atoms with Crippen molar-refractivity contribution in [2.75, 3.05) is 0 Å². The number of allylic oxidation sites excluding steroid dienone is 1. The molecule has 4 nitrogen and oxygen atoms in total. The van der Waals surface area contributed by atoms with E-state index >= 15 is 0 Å². The summed E-state index contributed by atoms with van der Waals surface area (Å²) >= 11 is 0. The number of aromatic nitrogens is 1. The molecule has 0 aliphatic carbocycles. The number of ketones is 1. The molecule has 0 radical (unpaired) electrons. The van der Waals surface area contributed by atoms with Crippen LogP contribution in [-0.2, 0) is 11.2 Å². The topological polar surface area (TPSA) is 51.4 Å². The van der Waals surface area contributed by atoms with Crippen LogP contribution in [-0.4, -0.2) is 10.5 Å². The number of nitroso groups, excluding NO2 is 1. The lowest BCUT2D eigenvalue weighted by molar-refractivity contribution is -0.116. The minimum atomic E-state index is 0.147. The fourth-order valence-electron chi connectivity index (χ4n) is 2.73. The van der Waals surface area contributed by atoms with Crippen molar-refractivity contribution in [3.63, 3.8) is 0 Å². The first kappa shape index (κ1) is 16.1. The molecule has 2 rings (SSSR count). The van der Waals surface area contributed by atoms with Crippen LogP contribution >= 0.6 is 0 Å². The number of carbonyl (C=O) groups is 1. The Morgan fingerprint density at radius 3 is 2.77 bits per heavy atom. The van der Waals surface area contributed by atoms with Crippen LogP contribution in [0.2, 0.25) is 0 Å². The molecule has 1 atom stereocenters. The van der Waals surface area contributed by atoms with E-state index in [1.807, 2.05) is 19.1 Å². The molecule has 0 aliphatic heterocycles. The Morgan fingerprint density at radius 2 is 2.14 bits per heavy atom. The van der Waals surface area contributed by atoms with Gasteiger partial charge in [-0.3, -0.25) is 4.79 Å². The smallest absolute Gasteiger partial charge is 0.133 e. The number of rotatable bonds is 7. The first-order chi connectivity index (χ1) is 10.4. The zero-order chi connectivity index (χ0) is 16.3. The molecule has 1 aromatic carbocycles. The lowest BCUT2D eigenvalue weighted by atomic mass is 9.92. The van der Waals surface area contributed by atoms with Gasteiger partial charge in [0.05, 0.1) is 10.8 Å². The fourth-order valence-corrected chi connectivity index (χ4v) is 2.73. The molecule has 1 unspecified atom stereocenters. The summed E-state index contributed by atoms with van der Waals surface area (Å²) in [4.78, 5) is 22.1. The summed E-state index contributed by atoms with van der Waals surface area (Å²) < 4.78 is 1.39. The average Bonchev–Trinajstić information content (AvgIpc) is 2.81. The monoisotopic (exact) mass is 298 g/mol. The molecule has 0 fully saturated rings. The van der Waals surface area contributed by atoms with Gasteiger partial charge in [-0.2, -0.15) is 0 Å². The highest BCUT2D eigenvalue weighted by Crippen LogP contribution is 2.26. The van der Waals surface area contributed by atoms with Gasteiger partial charge in [0.25, 0.3) is 0 Å². The molecule has 2 aromatic rings.